The molecule has 1 heterocycles. The van der Waals surface area contributed by atoms with Gasteiger partial charge in [0.2, 0.25) is 0 Å². The number of hydrogen-bond donors (Lipinski definition) is 3. The molecule has 108 valence electrons. The number of amides is 1. The van der Waals surface area contributed by atoms with Gasteiger partial charge in [-0.3, -0.25) is 4.79 Å². The summed E-state index contributed by atoms with van der Waals surface area (Å²) in [5, 5.41) is 3.82. The number of aromatic amines is 1. The van der Waals surface area contributed by atoms with Gasteiger partial charge in [0.15, 0.2) is 0 Å². The number of nitrogens with one attached hydrogen (secondary N) is 2. The molecule has 5 heteroatoms. The summed E-state index contributed by atoms with van der Waals surface area (Å²) in [6, 6.07) is 5.53. The van der Waals surface area contributed by atoms with Gasteiger partial charge in [-0.2, -0.15) is 0 Å². The van der Waals surface area contributed by atoms with E-state index in [9.17, 15) is 4.79 Å². The van der Waals surface area contributed by atoms with E-state index >= 15 is 0 Å². The molecule has 2 rings (SSSR count). The molecule has 0 aliphatic rings. The smallest absolute Gasteiger partial charge is 0.253 e. The number of H-pyrrole nitrogens is 1. The van der Waals surface area contributed by atoms with Crippen LogP contribution in [0.5, 0.6) is 0 Å². The number of aromatic nitrogens is 1. The number of nitrogens with two attached hydrogens (primary N) is 1. The van der Waals surface area contributed by atoms with Gasteiger partial charge in [-0.15, -0.1) is 0 Å². The van der Waals surface area contributed by atoms with Crippen LogP contribution in [0, 0.1) is 0 Å². The number of carbonyl (C=O) groups excluding carboxylic acids is 1. The van der Waals surface area contributed by atoms with Crippen molar-refractivity contribution in [2.24, 2.45) is 0 Å². The second-order valence-electron chi connectivity index (χ2n) is 5.27. The van der Waals surface area contributed by atoms with E-state index < -0.39 is 0 Å². The lowest BCUT2D eigenvalue weighted by molar-refractivity contribution is 0.0954. The summed E-state index contributed by atoms with van der Waals surface area (Å²) in [4.78, 5) is 17.4. The Bertz CT molecular complexity index is 589. The lowest BCUT2D eigenvalue weighted by atomic mass is 10.1. The van der Waals surface area contributed by atoms with Gasteiger partial charge in [0.1, 0.15) is 0 Å². The Balaban J connectivity index is 1.93. The highest BCUT2D eigenvalue weighted by Gasteiger charge is 2.11. The van der Waals surface area contributed by atoms with Gasteiger partial charge in [0.05, 0.1) is 5.56 Å². The zero-order valence-electron chi connectivity index (χ0n) is 12.1. The number of rotatable bonds is 6. The zero-order valence-corrected chi connectivity index (χ0v) is 12.1. The first-order valence-electron chi connectivity index (χ1n) is 6.87. The fourth-order valence-electron chi connectivity index (χ4n) is 2.18. The van der Waals surface area contributed by atoms with Crippen molar-refractivity contribution in [3.8, 4) is 0 Å². The van der Waals surface area contributed by atoms with Gasteiger partial charge >= 0.3 is 0 Å². The van der Waals surface area contributed by atoms with E-state index in [1.54, 1.807) is 6.20 Å². The first-order valence-corrected chi connectivity index (χ1v) is 6.87. The molecular weight excluding hydrogens is 252 g/mol. The Morgan fingerprint density at radius 2 is 2.15 bits per heavy atom. The highest BCUT2D eigenvalue weighted by Crippen LogP contribution is 2.20. The van der Waals surface area contributed by atoms with Crippen LogP contribution in [0.1, 0.15) is 23.2 Å². The standard InChI is InChI=1S/C15H22N4O/c1-19(2)8-4-3-7-17-15(20)13-10-18-14-6-5-11(16)9-12(13)14/h5-6,9-10,18H,3-4,7-8,16H2,1-2H3,(H,17,20). The van der Waals surface area contributed by atoms with Crippen molar-refractivity contribution in [2.45, 2.75) is 12.8 Å². The quantitative estimate of drug-likeness (QED) is 0.555. The van der Waals surface area contributed by atoms with Crippen molar-refractivity contribution in [1.82, 2.24) is 15.2 Å². The molecule has 20 heavy (non-hydrogen) atoms. The van der Waals surface area contributed by atoms with Crippen LogP contribution in [0.25, 0.3) is 10.9 Å². The molecule has 0 spiro atoms. The number of carbonyl (C=O) groups is 1. The molecular formula is C15H22N4O. The SMILES string of the molecule is CN(C)CCCCNC(=O)c1c[nH]c2ccc(N)cc12. The van der Waals surface area contributed by atoms with E-state index in [4.69, 9.17) is 5.73 Å². The minimum atomic E-state index is -0.0493. The van der Waals surface area contributed by atoms with Crippen molar-refractivity contribution in [2.75, 3.05) is 32.9 Å². The topological polar surface area (TPSA) is 74.2 Å². The summed E-state index contributed by atoms with van der Waals surface area (Å²) in [6.07, 6.45) is 3.79. The van der Waals surface area contributed by atoms with Crippen LogP contribution < -0.4 is 11.1 Å². The predicted octanol–water partition coefficient (Wildman–Crippen LogP) is 1.82. The molecule has 0 aliphatic heterocycles. The number of nitrogen functional groups attached to an aromatic ring is 1. The van der Waals surface area contributed by atoms with E-state index in [0.29, 0.717) is 17.8 Å². The average molecular weight is 274 g/mol. The molecule has 0 fully saturated rings. The maximum Gasteiger partial charge on any atom is 0.253 e. The van der Waals surface area contributed by atoms with Crippen LogP contribution in [0.15, 0.2) is 24.4 Å². The largest absolute Gasteiger partial charge is 0.399 e. The molecule has 1 amide bonds. The van der Waals surface area contributed by atoms with Crippen molar-refractivity contribution >= 4 is 22.5 Å². The summed E-state index contributed by atoms with van der Waals surface area (Å²) >= 11 is 0. The first kappa shape index (κ1) is 14.4. The monoisotopic (exact) mass is 274 g/mol. The molecule has 5 nitrogen and oxygen atoms in total. The zero-order chi connectivity index (χ0) is 14.5. The van der Waals surface area contributed by atoms with Crippen LogP contribution in [-0.2, 0) is 0 Å². The molecule has 4 N–H and O–H groups in total. The van der Waals surface area contributed by atoms with Gasteiger partial charge < -0.3 is 20.9 Å². The van der Waals surface area contributed by atoms with Gasteiger partial charge in [-0.25, -0.2) is 0 Å². The van der Waals surface area contributed by atoms with Crippen molar-refractivity contribution in [1.29, 1.82) is 0 Å². The third kappa shape index (κ3) is 3.51. The molecule has 0 saturated heterocycles. The molecule has 1 aromatic heterocycles. The highest BCUT2D eigenvalue weighted by atomic mass is 16.1. The summed E-state index contributed by atoms with van der Waals surface area (Å²) in [7, 11) is 4.10. The second-order valence-corrected chi connectivity index (χ2v) is 5.27. The predicted molar refractivity (Wildman–Crippen MR) is 82.8 cm³/mol. The van der Waals surface area contributed by atoms with Crippen molar-refractivity contribution in [3.63, 3.8) is 0 Å². The van der Waals surface area contributed by atoms with Crippen LogP contribution in [0.3, 0.4) is 0 Å². The molecule has 0 saturated carbocycles. The van der Waals surface area contributed by atoms with Crippen LogP contribution >= 0.6 is 0 Å². The van der Waals surface area contributed by atoms with E-state index in [1.807, 2.05) is 18.2 Å². The summed E-state index contributed by atoms with van der Waals surface area (Å²) in [6.45, 7) is 1.74. The normalized spacial score (nSPS) is 11.2. The number of unbranched alkanes of at least 4 members (excludes halogenated alkanes) is 1. The number of hydrogen-bond acceptors (Lipinski definition) is 3. The van der Waals surface area contributed by atoms with E-state index in [2.05, 4.69) is 29.3 Å². The van der Waals surface area contributed by atoms with Crippen LogP contribution in [0.2, 0.25) is 0 Å². The van der Waals surface area contributed by atoms with Crippen molar-refractivity contribution in [3.05, 3.63) is 30.0 Å². The first-order chi connectivity index (χ1) is 9.58. The molecule has 0 bridgehead atoms. The fourth-order valence-corrected chi connectivity index (χ4v) is 2.18. The van der Waals surface area contributed by atoms with E-state index in [-0.39, 0.29) is 5.91 Å². The van der Waals surface area contributed by atoms with E-state index in [1.165, 1.54) is 0 Å². The summed E-state index contributed by atoms with van der Waals surface area (Å²) in [5.74, 6) is -0.0493. The number of benzene rings is 1. The molecule has 1 aromatic carbocycles. The van der Waals surface area contributed by atoms with Gasteiger partial charge in [-0.1, -0.05) is 0 Å². The molecule has 2 aromatic rings. The molecule has 0 radical (unpaired) electrons. The molecule has 0 atom stereocenters. The lowest BCUT2D eigenvalue weighted by Gasteiger charge is -2.09. The highest BCUT2D eigenvalue weighted by molar-refractivity contribution is 6.07. The van der Waals surface area contributed by atoms with Gasteiger partial charge in [-0.05, 0) is 51.7 Å². The fraction of sp³-hybridized carbons (Fsp3) is 0.400. The van der Waals surface area contributed by atoms with Crippen LogP contribution in [-0.4, -0.2) is 43.0 Å². The van der Waals surface area contributed by atoms with Crippen molar-refractivity contribution < 1.29 is 4.79 Å². The third-order valence-corrected chi connectivity index (χ3v) is 3.27. The molecule has 0 unspecified atom stereocenters. The summed E-state index contributed by atoms with van der Waals surface area (Å²) in [5.41, 5.74) is 8.01. The minimum Gasteiger partial charge on any atom is -0.399 e. The lowest BCUT2D eigenvalue weighted by Crippen LogP contribution is -2.25. The number of anilines is 1. The van der Waals surface area contributed by atoms with Gasteiger partial charge in [0.25, 0.3) is 5.91 Å². The average Bonchev–Trinajstić information content (AvgIpc) is 2.80. The molecule has 0 aliphatic carbocycles. The second kappa shape index (κ2) is 6.43. The van der Waals surface area contributed by atoms with Gasteiger partial charge in [0, 0.05) is 29.3 Å². The number of nitrogens with zero attached hydrogens (tertiary/aromatic N) is 1. The summed E-state index contributed by atoms with van der Waals surface area (Å²) < 4.78 is 0. The minimum absolute atomic E-state index is 0.0493. The Morgan fingerprint density at radius 1 is 1.35 bits per heavy atom. The Labute approximate surface area is 119 Å². The Hall–Kier alpha value is -2.01. The third-order valence-electron chi connectivity index (χ3n) is 3.27. The Kier molecular flexibility index (Phi) is 4.63. The maximum atomic E-state index is 12.1. The Morgan fingerprint density at radius 3 is 2.90 bits per heavy atom. The maximum absolute atomic E-state index is 12.1. The van der Waals surface area contributed by atoms with E-state index in [0.717, 1.165) is 30.3 Å². The number of fused-ring (bicyclic) bond motifs is 1. The van der Waals surface area contributed by atoms with Crippen LogP contribution in [0.4, 0.5) is 5.69 Å².